The highest BCUT2D eigenvalue weighted by atomic mass is 14.7. The van der Waals surface area contributed by atoms with Crippen LogP contribution >= 0.6 is 0 Å². The Bertz CT molecular complexity index is 1080. The van der Waals surface area contributed by atoms with E-state index in [1.54, 1.807) is 103 Å². The van der Waals surface area contributed by atoms with E-state index in [9.17, 15) is 0 Å². The van der Waals surface area contributed by atoms with Gasteiger partial charge in [-0.05, 0) is 194 Å². The summed E-state index contributed by atoms with van der Waals surface area (Å²) in [5.41, 5.74) is 1.16. The maximum atomic E-state index is 2.79. The van der Waals surface area contributed by atoms with Crippen LogP contribution in [0.4, 0.5) is 0 Å². The van der Waals surface area contributed by atoms with Crippen molar-refractivity contribution in [2.75, 3.05) is 0 Å². The second-order valence-electron chi connectivity index (χ2n) is 22.5. The molecule has 15 atom stereocenters. The number of fused-ring (bicyclic) bond motifs is 13. The molecule has 49 heavy (non-hydrogen) atoms. The molecule has 0 heterocycles. The first kappa shape index (κ1) is 36.0. The van der Waals surface area contributed by atoms with E-state index in [1.807, 2.05) is 0 Å². The van der Waals surface area contributed by atoms with Gasteiger partial charge in [0.15, 0.2) is 0 Å². The molecule has 0 N–H and O–H groups in total. The summed E-state index contributed by atoms with van der Waals surface area (Å²) in [5.74, 6) is 19.1. The molecule has 8 rings (SSSR count). The lowest BCUT2D eigenvalue weighted by atomic mass is 9.47. The topological polar surface area (TPSA) is 0 Å². The zero-order chi connectivity index (χ0) is 34.2. The monoisotopic (exact) mass is 673 g/mol. The molecule has 8 fully saturated rings. The van der Waals surface area contributed by atoms with E-state index in [0.717, 1.165) is 107 Å². The summed E-state index contributed by atoms with van der Waals surface area (Å²) in [6, 6.07) is 0. The van der Waals surface area contributed by atoms with Crippen LogP contribution in [0.5, 0.6) is 0 Å². The minimum Gasteiger partial charge on any atom is -0.0651 e. The molecule has 0 bridgehead atoms. The fourth-order valence-electron chi connectivity index (χ4n) is 18.7. The predicted molar refractivity (Wildman–Crippen MR) is 210 cm³/mol. The van der Waals surface area contributed by atoms with Crippen LogP contribution in [0.1, 0.15) is 190 Å². The Labute approximate surface area is 306 Å². The Morgan fingerprint density at radius 2 is 1.08 bits per heavy atom. The Morgan fingerprint density at radius 1 is 0.531 bits per heavy atom. The molecule has 0 saturated heterocycles. The van der Waals surface area contributed by atoms with Gasteiger partial charge in [-0.25, -0.2) is 0 Å². The van der Waals surface area contributed by atoms with Gasteiger partial charge < -0.3 is 0 Å². The van der Waals surface area contributed by atoms with E-state index in [1.165, 1.54) is 32.1 Å². The Balaban J connectivity index is 1.21. The zero-order valence-corrected chi connectivity index (χ0v) is 34.2. The largest absolute Gasteiger partial charge is 0.0651 e. The van der Waals surface area contributed by atoms with Crippen LogP contribution in [0, 0.1) is 117 Å². The van der Waals surface area contributed by atoms with E-state index in [4.69, 9.17) is 0 Å². The summed E-state index contributed by atoms with van der Waals surface area (Å²) in [4.78, 5) is 0. The molecular weight excluding hydrogens is 589 g/mol. The maximum absolute atomic E-state index is 2.79. The van der Waals surface area contributed by atoms with Gasteiger partial charge in [0, 0.05) is 0 Å². The van der Waals surface area contributed by atoms with Gasteiger partial charge in [0.1, 0.15) is 0 Å². The van der Waals surface area contributed by atoms with Crippen molar-refractivity contribution in [3.05, 3.63) is 0 Å². The van der Waals surface area contributed by atoms with E-state index < -0.39 is 0 Å². The third-order valence-electron chi connectivity index (χ3n) is 20.1. The molecule has 0 aromatic rings. The smallest absolute Gasteiger partial charge is 0.0230 e. The standard InChI is InChI=1S/C49H84/c1-9-31(10-2)42-28-49(29-43(30(42)5)32(11-3)12-4)44-24-22-36-34(27-48(6,7)8)17-15-19-39(36)46(44)47-41-26-40-35-18-14-13-16-33(35)20-21-37(40)38(41)23-25-45(47)49/h30-47H,9-29H2,1-8H3. The number of rotatable bonds is 7. The molecule has 0 aromatic heterocycles. The third kappa shape index (κ3) is 5.92. The number of hydrogen-bond acceptors (Lipinski definition) is 0. The summed E-state index contributed by atoms with van der Waals surface area (Å²) < 4.78 is 0. The summed E-state index contributed by atoms with van der Waals surface area (Å²) >= 11 is 0. The van der Waals surface area contributed by atoms with Gasteiger partial charge in [0.25, 0.3) is 0 Å². The first-order valence-electron chi connectivity index (χ1n) is 23.6. The van der Waals surface area contributed by atoms with E-state index in [-0.39, 0.29) is 0 Å². The fraction of sp³-hybridized carbons (Fsp3) is 1.00. The van der Waals surface area contributed by atoms with Crippen LogP contribution in [0.25, 0.3) is 0 Å². The van der Waals surface area contributed by atoms with Crippen molar-refractivity contribution in [2.45, 2.75) is 190 Å². The maximum Gasteiger partial charge on any atom is -0.0230 e. The van der Waals surface area contributed by atoms with E-state index >= 15 is 0 Å². The Hall–Kier alpha value is 0. The van der Waals surface area contributed by atoms with Crippen LogP contribution in [0.15, 0.2) is 0 Å². The van der Waals surface area contributed by atoms with Gasteiger partial charge >= 0.3 is 0 Å². The van der Waals surface area contributed by atoms with Crippen LogP contribution in [-0.2, 0) is 0 Å². The molecule has 0 aromatic carbocycles. The van der Waals surface area contributed by atoms with Crippen molar-refractivity contribution < 1.29 is 0 Å². The van der Waals surface area contributed by atoms with Gasteiger partial charge in [-0.15, -0.1) is 0 Å². The minimum atomic E-state index is 0.487. The fourth-order valence-corrected chi connectivity index (χ4v) is 18.7. The van der Waals surface area contributed by atoms with Crippen LogP contribution in [0.3, 0.4) is 0 Å². The highest BCUT2D eigenvalue weighted by molar-refractivity contribution is 5.18. The zero-order valence-electron chi connectivity index (χ0n) is 34.2. The van der Waals surface area contributed by atoms with Crippen molar-refractivity contribution in [3.63, 3.8) is 0 Å². The average Bonchev–Trinajstić information content (AvgIpc) is 3.61. The highest BCUT2D eigenvalue weighted by Crippen LogP contribution is 2.77. The third-order valence-corrected chi connectivity index (χ3v) is 20.1. The lowest BCUT2D eigenvalue weighted by Crippen LogP contribution is -2.50. The van der Waals surface area contributed by atoms with Crippen molar-refractivity contribution >= 4 is 0 Å². The van der Waals surface area contributed by atoms with Crippen molar-refractivity contribution in [1.29, 1.82) is 0 Å². The second-order valence-corrected chi connectivity index (χ2v) is 22.5. The average molecular weight is 673 g/mol. The van der Waals surface area contributed by atoms with Gasteiger partial charge in [0.05, 0.1) is 0 Å². The quantitative estimate of drug-likeness (QED) is 0.252. The normalized spacial score (nSPS) is 50.8. The molecular formula is C49H84. The van der Waals surface area contributed by atoms with Gasteiger partial charge in [-0.3, -0.25) is 0 Å². The predicted octanol–water partition coefficient (Wildman–Crippen LogP) is 14.5. The second kappa shape index (κ2) is 14.0. The Morgan fingerprint density at radius 3 is 1.71 bits per heavy atom. The number of hydrogen-bond donors (Lipinski definition) is 0. The van der Waals surface area contributed by atoms with Crippen LogP contribution in [0.2, 0.25) is 0 Å². The first-order valence-corrected chi connectivity index (χ1v) is 23.6. The summed E-state index contributed by atoms with van der Waals surface area (Å²) in [5, 5.41) is 0. The molecule has 0 amide bonds. The molecule has 1 spiro atoms. The van der Waals surface area contributed by atoms with Crippen LogP contribution < -0.4 is 0 Å². The van der Waals surface area contributed by atoms with Crippen molar-refractivity contribution in [3.8, 4) is 0 Å². The van der Waals surface area contributed by atoms with Gasteiger partial charge in [-0.2, -0.15) is 0 Å². The van der Waals surface area contributed by atoms with Crippen LogP contribution in [-0.4, -0.2) is 0 Å². The van der Waals surface area contributed by atoms with Crippen molar-refractivity contribution in [1.82, 2.24) is 0 Å². The van der Waals surface area contributed by atoms with Crippen molar-refractivity contribution in [2.24, 2.45) is 117 Å². The molecule has 15 unspecified atom stereocenters. The van der Waals surface area contributed by atoms with Gasteiger partial charge in [-0.1, -0.05) is 113 Å². The highest BCUT2D eigenvalue weighted by Gasteiger charge is 2.70. The molecule has 0 aliphatic heterocycles. The summed E-state index contributed by atoms with van der Waals surface area (Å²) in [6.45, 7) is 20.8. The molecule has 0 heteroatoms. The van der Waals surface area contributed by atoms with E-state index in [2.05, 4.69) is 55.4 Å². The molecule has 8 aliphatic rings. The molecule has 0 nitrogen and oxygen atoms in total. The first-order chi connectivity index (χ1) is 23.6. The molecule has 280 valence electrons. The minimum absolute atomic E-state index is 0.487. The summed E-state index contributed by atoms with van der Waals surface area (Å²) in [6.07, 6.45) is 33.0. The summed E-state index contributed by atoms with van der Waals surface area (Å²) in [7, 11) is 0. The lowest BCUT2D eigenvalue weighted by molar-refractivity contribution is -0.0894. The van der Waals surface area contributed by atoms with E-state index in [0.29, 0.717) is 10.8 Å². The van der Waals surface area contributed by atoms with Gasteiger partial charge in [0.2, 0.25) is 0 Å². The Kier molecular flexibility index (Phi) is 10.3. The SMILES string of the molecule is CCC(CC)C1CC2(CC(C(CC)CC)C1C)C1CCC3C(CC(C)(C)C)CCCC3C1C1C3CC4C5CCCCC5CCC4C3CCC12. The molecule has 8 aliphatic carbocycles. The lowest BCUT2D eigenvalue weighted by Gasteiger charge is -2.58. The molecule has 0 radical (unpaired) electrons. The molecule has 8 saturated carbocycles.